The molecule has 0 radical (unpaired) electrons. The first-order valence-corrected chi connectivity index (χ1v) is 8.80. The molecule has 0 aliphatic carbocycles. The number of carboxylic acids is 1. The predicted molar refractivity (Wildman–Crippen MR) is 86.1 cm³/mol. The van der Waals surface area contributed by atoms with Gasteiger partial charge in [0.1, 0.15) is 0 Å². The predicted octanol–water partition coefficient (Wildman–Crippen LogP) is 1.27. The number of carbonyl (C=O) groups is 2. The zero-order valence-corrected chi connectivity index (χ0v) is 14.3. The number of hydrogen-bond donors (Lipinski definition) is 2. The summed E-state index contributed by atoms with van der Waals surface area (Å²) >= 11 is 0. The minimum Gasteiger partial charge on any atom is -0.481 e. The van der Waals surface area contributed by atoms with Gasteiger partial charge < -0.3 is 15.3 Å². The van der Waals surface area contributed by atoms with Crippen LogP contribution >= 0.6 is 0 Å². The number of sulfone groups is 1. The average molecular weight is 342 g/mol. The van der Waals surface area contributed by atoms with E-state index in [1.165, 1.54) is 24.1 Å². The summed E-state index contributed by atoms with van der Waals surface area (Å²) in [5.74, 6) is -1.23. The molecule has 2 N–H and O–H groups in total. The largest absolute Gasteiger partial charge is 0.481 e. The second-order valence-electron chi connectivity index (χ2n) is 5.51. The van der Waals surface area contributed by atoms with E-state index in [1.807, 2.05) is 6.92 Å². The van der Waals surface area contributed by atoms with Gasteiger partial charge in [-0.15, -0.1) is 0 Å². The molecular weight excluding hydrogens is 320 g/mol. The van der Waals surface area contributed by atoms with Crippen molar-refractivity contribution < 1.29 is 23.1 Å². The smallest absolute Gasteiger partial charge is 0.317 e. The molecule has 0 aliphatic rings. The number of carboxylic acid groups (broad SMARTS) is 1. The summed E-state index contributed by atoms with van der Waals surface area (Å²) in [6, 6.07) is 5.42. The lowest BCUT2D eigenvalue weighted by molar-refractivity contribution is -0.137. The normalized spacial score (nSPS) is 12.5. The van der Waals surface area contributed by atoms with Crippen LogP contribution in [0.2, 0.25) is 0 Å². The maximum absolute atomic E-state index is 12.3. The Hall–Kier alpha value is -2.09. The average Bonchev–Trinajstić information content (AvgIpc) is 2.44. The summed E-state index contributed by atoms with van der Waals surface area (Å²) in [5.41, 5.74) is 0.963. The lowest BCUT2D eigenvalue weighted by Crippen LogP contribution is -2.45. The molecule has 0 spiro atoms. The van der Waals surface area contributed by atoms with E-state index in [0.717, 1.165) is 5.56 Å². The summed E-state index contributed by atoms with van der Waals surface area (Å²) in [6.07, 6.45) is -0.167. The van der Waals surface area contributed by atoms with E-state index in [1.54, 1.807) is 19.1 Å². The van der Waals surface area contributed by atoms with Gasteiger partial charge in [-0.05, 0) is 26.0 Å². The molecule has 8 heteroatoms. The highest BCUT2D eigenvalue weighted by atomic mass is 32.2. The zero-order chi connectivity index (χ0) is 17.6. The van der Waals surface area contributed by atoms with Crippen molar-refractivity contribution >= 4 is 21.8 Å². The molecule has 1 atom stereocenters. The van der Waals surface area contributed by atoms with E-state index in [9.17, 15) is 18.0 Å². The number of amides is 2. The molecule has 0 aliphatic heterocycles. The highest BCUT2D eigenvalue weighted by molar-refractivity contribution is 7.91. The standard InChI is InChI=1S/C15H22N2O5S/c1-11-4-6-13(7-5-11)23(21,22)10-12(2)16-15(20)17(3)9-8-14(18)19/h4-7,12H,8-10H2,1-3H3,(H,16,20)(H,18,19). The van der Waals surface area contributed by atoms with E-state index in [-0.39, 0.29) is 23.6 Å². The monoisotopic (exact) mass is 342 g/mol. The second-order valence-corrected chi connectivity index (χ2v) is 7.54. The molecule has 0 heterocycles. The van der Waals surface area contributed by atoms with Crippen LogP contribution in [-0.2, 0) is 14.6 Å². The van der Waals surface area contributed by atoms with E-state index in [2.05, 4.69) is 5.32 Å². The molecule has 1 aromatic rings. The van der Waals surface area contributed by atoms with Gasteiger partial charge in [-0.1, -0.05) is 17.7 Å². The van der Waals surface area contributed by atoms with Gasteiger partial charge in [0.05, 0.1) is 17.1 Å². The van der Waals surface area contributed by atoms with E-state index < -0.39 is 27.9 Å². The summed E-state index contributed by atoms with van der Waals surface area (Å²) in [6.45, 7) is 3.51. The topological polar surface area (TPSA) is 104 Å². The van der Waals surface area contributed by atoms with Crippen molar-refractivity contribution in [3.05, 3.63) is 29.8 Å². The SMILES string of the molecule is Cc1ccc(S(=O)(=O)CC(C)NC(=O)N(C)CCC(=O)O)cc1. The van der Waals surface area contributed by atoms with E-state index in [4.69, 9.17) is 5.11 Å². The third-order valence-electron chi connectivity index (χ3n) is 3.23. The molecule has 0 saturated carbocycles. The van der Waals surface area contributed by atoms with Gasteiger partial charge in [0.2, 0.25) is 0 Å². The number of nitrogens with one attached hydrogen (secondary N) is 1. The Kier molecular flexibility index (Phi) is 6.56. The van der Waals surface area contributed by atoms with Crippen LogP contribution in [0, 0.1) is 6.92 Å². The van der Waals surface area contributed by atoms with Gasteiger partial charge in [-0.2, -0.15) is 0 Å². The highest BCUT2D eigenvalue weighted by Crippen LogP contribution is 2.13. The van der Waals surface area contributed by atoms with Crippen LogP contribution in [0.25, 0.3) is 0 Å². The number of benzene rings is 1. The molecule has 128 valence electrons. The van der Waals surface area contributed by atoms with Crippen molar-refractivity contribution in [1.82, 2.24) is 10.2 Å². The van der Waals surface area contributed by atoms with Crippen molar-refractivity contribution in [3.8, 4) is 0 Å². The molecule has 1 rings (SSSR count). The Labute approximate surface area is 136 Å². The summed E-state index contributed by atoms with van der Waals surface area (Å²) in [5, 5.41) is 11.1. The van der Waals surface area contributed by atoms with E-state index >= 15 is 0 Å². The lowest BCUT2D eigenvalue weighted by atomic mass is 10.2. The van der Waals surface area contributed by atoms with Crippen LogP contribution in [0.4, 0.5) is 4.79 Å². The number of carbonyl (C=O) groups excluding carboxylic acids is 1. The summed E-state index contributed by atoms with van der Waals surface area (Å²) in [4.78, 5) is 23.8. The van der Waals surface area contributed by atoms with Crippen molar-refractivity contribution in [2.24, 2.45) is 0 Å². The number of rotatable bonds is 7. The zero-order valence-electron chi connectivity index (χ0n) is 13.4. The molecule has 0 saturated heterocycles. The molecule has 7 nitrogen and oxygen atoms in total. The first kappa shape index (κ1) is 19.0. The molecule has 2 amide bonds. The molecule has 0 fully saturated rings. The number of aryl methyl sites for hydroxylation is 1. The van der Waals surface area contributed by atoms with Crippen LogP contribution < -0.4 is 5.32 Å². The fourth-order valence-corrected chi connectivity index (χ4v) is 3.38. The molecule has 23 heavy (non-hydrogen) atoms. The fourth-order valence-electron chi connectivity index (χ4n) is 1.90. The molecule has 1 unspecified atom stereocenters. The Morgan fingerprint density at radius 2 is 1.83 bits per heavy atom. The van der Waals surface area contributed by atoms with Gasteiger partial charge in [0.25, 0.3) is 0 Å². The third-order valence-corrected chi connectivity index (χ3v) is 5.16. The minimum absolute atomic E-state index is 0.0542. The Balaban J connectivity index is 2.61. The van der Waals surface area contributed by atoms with Crippen molar-refractivity contribution in [2.75, 3.05) is 19.3 Å². The molecule has 0 bridgehead atoms. The van der Waals surface area contributed by atoms with Gasteiger partial charge in [-0.3, -0.25) is 4.79 Å². The quantitative estimate of drug-likeness (QED) is 0.777. The van der Waals surface area contributed by atoms with E-state index in [0.29, 0.717) is 0 Å². The maximum Gasteiger partial charge on any atom is 0.317 e. The third kappa shape index (κ3) is 6.27. The summed E-state index contributed by atoms with van der Waals surface area (Å²) in [7, 11) is -2.04. The van der Waals surface area contributed by atoms with Crippen molar-refractivity contribution in [3.63, 3.8) is 0 Å². The van der Waals surface area contributed by atoms with Crippen LogP contribution in [0.1, 0.15) is 18.9 Å². The van der Waals surface area contributed by atoms with Gasteiger partial charge in [0.15, 0.2) is 9.84 Å². The first-order valence-electron chi connectivity index (χ1n) is 7.14. The molecule has 1 aromatic carbocycles. The number of hydrogen-bond acceptors (Lipinski definition) is 4. The Morgan fingerprint density at radius 1 is 1.26 bits per heavy atom. The Bertz CT molecular complexity index is 655. The van der Waals surface area contributed by atoms with Gasteiger partial charge in [-0.25, -0.2) is 13.2 Å². The van der Waals surface area contributed by atoms with Crippen LogP contribution in [0.15, 0.2) is 29.2 Å². The van der Waals surface area contributed by atoms with Crippen molar-refractivity contribution in [2.45, 2.75) is 31.2 Å². The van der Waals surface area contributed by atoms with Crippen molar-refractivity contribution in [1.29, 1.82) is 0 Å². The minimum atomic E-state index is -3.50. The number of nitrogens with zero attached hydrogens (tertiary/aromatic N) is 1. The first-order chi connectivity index (χ1) is 10.6. The van der Waals surface area contributed by atoms with Crippen LogP contribution in [0.3, 0.4) is 0 Å². The highest BCUT2D eigenvalue weighted by Gasteiger charge is 2.21. The number of aliphatic carboxylic acids is 1. The van der Waals surface area contributed by atoms with Gasteiger partial charge >= 0.3 is 12.0 Å². The number of urea groups is 1. The maximum atomic E-state index is 12.3. The molecule has 0 aromatic heterocycles. The van der Waals surface area contributed by atoms with Crippen LogP contribution in [-0.4, -0.2) is 55.8 Å². The Morgan fingerprint density at radius 3 is 2.35 bits per heavy atom. The molecular formula is C15H22N2O5S. The fraction of sp³-hybridized carbons (Fsp3) is 0.467. The lowest BCUT2D eigenvalue weighted by Gasteiger charge is -2.20. The second kappa shape index (κ2) is 7.96. The van der Waals surface area contributed by atoms with Gasteiger partial charge in [0, 0.05) is 19.6 Å². The summed E-state index contributed by atoms with van der Waals surface area (Å²) < 4.78 is 24.6. The van der Waals surface area contributed by atoms with Crippen LogP contribution in [0.5, 0.6) is 0 Å².